The van der Waals surface area contributed by atoms with Crippen LogP contribution in [0.2, 0.25) is 0 Å². The molecule has 2 N–H and O–H groups in total. The average Bonchev–Trinajstić information content (AvgIpc) is 2.91. The van der Waals surface area contributed by atoms with Crippen LogP contribution in [0.25, 0.3) is 16.4 Å². The second kappa shape index (κ2) is 3.58. The van der Waals surface area contributed by atoms with E-state index in [1.807, 2.05) is 16.7 Å². The molecule has 0 radical (unpaired) electrons. The van der Waals surface area contributed by atoms with Crippen LogP contribution >= 0.6 is 0 Å². The Morgan fingerprint density at radius 3 is 3.18 bits per heavy atom. The van der Waals surface area contributed by atoms with Crippen LogP contribution in [-0.4, -0.2) is 30.7 Å². The van der Waals surface area contributed by atoms with Crippen LogP contribution in [0, 0.1) is 0 Å². The number of nitrogens with zero attached hydrogens (tertiary/aromatic N) is 3. The van der Waals surface area contributed by atoms with Crippen LogP contribution < -0.4 is 0 Å². The summed E-state index contributed by atoms with van der Waals surface area (Å²) >= 11 is 0. The van der Waals surface area contributed by atoms with E-state index in [0.717, 1.165) is 22.2 Å². The van der Waals surface area contributed by atoms with Gasteiger partial charge in [-0.1, -0.05) is 0 Å². The molecule has 0 fully saturated rings. The van der Waals surface area contributed by atoms with Crippen molar-refractivity contribution in [2.75, 3.05) is 0 Å². The number of H-pyrrole nitrogens is 1. The van der Waals surface area contributed by atoms with Crippen LogP contribution in [-0.2, 0) is 11.2 Å². The van der Waals surface area contributed by atoms with Gasteiger partial charge in [-0.05, 0) is 6.07 Å². The molecule has 86 valence electrons. The van der Waals surface area contributed by atoms with E-state index in [2.05, 4.69) is 15.2 Å². The van der Waals surface area contributed by atoms with Gasteiger partial charge in [-0.2, -0.15) is 5.10 Å². The number of carboxylic acid groups (broad SMARTS) is 1. The fourth-order valence-electron chi connectivity index (χ4n) is 1.94. The van der Waals surface area contributed by atoms with Crippen LogP contribution in [0.15, 0.2) is 24.7 Å². The molecule has 3 heterocycles. The highest BCUT2D eigenvalue weighted by Gasteiger charge is 2.09. The van der Waals surface area contributed by atoms with Crippen molar-refractivity contribution in [2.24, 2.45) is 0 Å². The predicted molar refractivity (Wildman–Crippen MR) is 60.8 cm³/mol. The highest BCUT2D eigenvalue weighted by atomic mass is 16.4. The summed E-state index contributed by atoms with van der Waals surface area (Å²) in [5.74, 6) is -0.0664. The number of carbonyl (C=O) groups is 1. The number of imidazole rings is 1. The number of aliphatic carboxylic acids is 1. The van der Waals surface area contributed by atoms with E-state index < -0.39 is 5.97 Å². The van der Waals surface area contributed by atoms with Crippen LogP contribution in [0.1, 0.15) is 12.2 Å². The Morgan fingerprint density at radius 1 is 1.47 bits per heavy atom. The lowest BCUT2D eigenvalue weighted by Gasteiger charge is -1.99. The number of hydrogen-bond donors (Lipinski definition) is 2. The number of pyridine rings is 1. The van der Waals surface area contributed by atoms with E-state index in [9.17, 15) is 4.79 Å². The highest BCUT2D eigenvalue weighted by molar-refractivity contribution is 5.91. The van der Waals surface area contributed by atoms with Crippen LogP contribution in [0.3, 0.4) is 0 Å². The van der Waals surface area contributed by atoms with E-state index in [1.165, 1.54) is 0 Å². The quantitative estimate of drug-likeness (QED) is 0.708. The highest BCUT2D eigenvalue weighted by Crippen LogP contribution is 2.18. The number of nitrogens with one attached hydrogen (secondary N) is 1. The average molecular weight is 230 g/mol. The second-order valence-electron chi connectivity index (χ2n) is 3.84. The first-order valence-corrected chi connectivity index (χ1v) is 5.25. The summed E-state index contributed by atoms with van der Waals surface area (Å²) in [5, 5.41) is 16.6. The number of aromatic amines is 1. The second-order valence-corrected chi connectivity index (χ2v) is 3.84. The smallest absolute Gasteiger partial charge is 0.303 e. The summed E-state index contributed by atoms with van der Waals surface area (Å²) in [5.41, 5.74) is 1.84. The Morgan fingerprint density at radius 2 is 2.35 bits per heavy atom. The lowest BCUT2D eigenvalue weighted by Crippen LogP contribution is -2.01. The van der Waals surface area contributed by atoms with Gasteiger partial charge in [0.25, 0.3) is 0 Å². The van der Waals surface area contributed by atoms with Gasteiger partial charge in [-0.15, -0.1) is 0 Å². The first-order valence-electron chi connectivity index (χ1n) is 5.25. The van der Waals surface area contributed by atoms with Gasteiger partial charge >= 0.3 is 5.97 Å². The fraction of sp³-hybridized carbons (Fsp3) is 0.182. The zero-order chi connectivity index (χ0) is 11.8. The van der Waals surface area contributed by atoms with Gasteiger partial charge in [-0.3, -0.25) is 9.89 Å². The Labute approximate surface area is 95.9 Å². The Kier molecular flexibility index (Phi) is 2.07. The maximum atomic E-state index is 10.5. The van der Waals surface area contributed by atoms with Gasteiger partial charge in [0.1, 0.15) is 5.82 Å². The van der Waals surface area contributed by atoms with E-state index >= 15 is 0 Å². The third-order valence-electron chi connectivity index (χ3n) is 2.76. The first kappa shape index (κ1) is 9.83. The molecule has 6 heteroatoms. The topological polar surface area (TPSA) is 83.3 Å². The lowest BCUT2D eigenvalue weighted by molar-refractivity contribution is -0.137. The van der Waals surface area contributed by atoms with E-state index in [4.69, 9.17) is 5.11 Å². The first-order chi connectivity index (χ1) is 8.25. The van der Waals surface area contributed by atoms with E-state index in [1.54, 1.807) is 12.4 Å². The molecule has 3 aromatic rings. The number of hydrogen-bond acceptors (Lipinski definition) is 3. The van der Waals surface area contributed by atoms with Gasteiger partial charge in [0.05, 0.1) is 29.8 Å². The maximum absolute atomic E-state index is 10.5. The summed E-state index contributed by atoms with van der Waals surface area (Å²) in [6.07, 6.45) is 5.87. The number of carboxylic acids is 1. The van der Waals surface area contributed by atoms with Gasteiger partial charge in [0, 0.05) is 18.0 Å². The Hall–Kier alpha value is -2.37. The predicted octanol–water partition coefficient (Wildman–Crippen LogP) is 1.23. The lowest BCUT2D eigenvalue weighted by atomic mass is 10.3. The zero-order valence-electron chi connectivity index (χ0n) is 8.92. The van der Waals surface area contributed by atoms with Crippen molar-refractivity contribution in [3.63, 3.8) is 0 Å². The Bertz CT molecular complexity index is 698. The number of aromatic nitrogens is 4. The summed E-state index contributed by atoms with van der Waals surface area (Å²) in [4.78, 5) is 14.8. The normalized spacial score (nSPS) is 11.3. The van der Waals surface area contributed by atoms with Crippen molar-refractivity contribution in [3.8, 4) is 0 Å². The maximum Gasteiger partial charge on any atom is 0.303 e. The van der Waals surface area contributed by atoms with Gasteiger partial charge in [0.15, 0.2) is 0 Å². The van der Waals surface area contributed by atoms with E-state index in [-0.39, 0.29) is 6.42 Å². The fourth-order valence-corrected chi connectivity index (χ4v) is 1.94. The molecule has 3 aromatic heterocycles. The molecule has 0 aliphatic rings. The molecule has 0 saturated heterocycles. The zero-order valence-corrected chi connectivity index (χ0v) is 8.92. The van der Waals surface area contributed by atoms with Crippen molar-refractivity contribution in [3.05, 3.63) is 30.5 Å². The number of aryl methyl sites for hydroxylation is 1. The van der Waals surface area contributed by atoms with Gasteiger partial charge in [0.2, 0.25) is 0 Å². The molecule has 0 aliphatic carbocycles. The minimum atomic E-state index is -0.815. The van der Waals surface area contributed by atoms with Crippen molar-refractivity contribution < 1.29 is 9.90 Å². The third kappa shape index (κ3) is 1.54. The SMILES string of the molecule is O=C(O)CCc1ncc2c3[nH]ncc3ccn12. The van der Waals surface area contributed by atoms with Crippen molar-refractivity contribution >= 4 is 22.4 Å². The molecule has 17 heavy (non-hydrogen) atoms. The van der Waals surface area contributed by atoms with Crippen molar-refractivity contribution in [1.82, 2.24) is 19.6 Å². The minimum Gasteiger partial charge on any atom is -0.481 e. The summed E-state index contributed by atoms with van der Waals surface area (Å²) in [6, 6.07) is 1.93. The molecule has 0 spiro atoms. The number of rotatable bonds is 3. The molecule has 0 amide bonds. The number of fused-ring (bicyclic) bond motifs is 3. The molecule has 0 atom stereocenters. The molecular weight excluding hydrogens is 220 g/mol. The molecule has 0 saturated carbocycles. The molecule has 0 aliphatic heterocycles. The van der Waals surface area contributed by atoms with Gasteiger partial charge < -0.3 is 9.51 Å². The van der Waals surface area contributed by atoms with Gasteiger partial charge in [-0.25, -0.2) is 4.98 Å². The van der Waals surface area contributed by atoms with Crippen LogP contribution in [0.5, 0.6) is 0 Å². The molecule has 0 unspecified atom stereocenters. The van der Waals surface area contributed by atoms with Crippen molar-refractivity contribution in [1.29, 1.82) is 0 Å². The largest absolute Gasteiger partial charge is 0.481 e. The summed E-state index contributed by atoms with van der Waals surface area (Å²) in [6.45, 7) is 0. The summed E-state index contributed by atoms with van der Waals surface area (Å²) < 4.78 is 1.89. The monoisotopic (exact) mass is 230 g/mol. The molecular formula is C11H10N4O2. The van der Waals surface area contributed by atoms with Crippen molar-refractivity contribution in [2.45, 2.75) is 12.8 Å². The Balaban J connectivity index is 2.12. The molecule has 0 aromatic carbocycles. The van der Waals surface area contributed by atoms with E-state index in [0.29, 0.717) is 6.42 Å². The minimum absolute atomic E-state index is 0.0835. The van der Waals surface area contributed by atoms with Crippen LogP contribution in [0.4, 0.5) is 0 Å². The summed E-state index contributed by atoms with van der Waals surface area (Å²) in [7, 11) is 0. The molecule has 3 rings (SSSR count). The standard InChI is InChI=1S/C11H10N4O2/c16-10(17)2-1-9-12-6-8-11-7(5-13-14-11)3-4-15(8)9/h3-6H,1-2H2,(H,13,14)(H,16,17). The molecule has 6 nitrogen and oxygen atoms in total. The third-order valence-corrected chi connectivity index (χ3v) is 2.76. The molecule has 0 bridgehead atoms.